The molecule has 0 saturated carbocycles. The third-order valence-electron chi connectivity index (χ3n) is 2.79. The fourth-order valence-corrected chi connectivity index (χ4v) is 2.31. The van der Waals surface area contributed by atoms with E-state index in [4.69, 9.17) is 20.6 Å². The van der Waals surface area contributed by atoms with Crippen LogP contribution in [0.4, 0.5) is 0 Å². The van der Waals surface area contributed by atoms with E-state index in [1.807, 2.05) is 13.0 Å². The predicted molar refractivity (Wildman–Crippen MR) is 71.1 cm³/mol. The first kappa shape index (κ1) is 15.9. The highest BCUT2D eigenvalue weighted by Gasteiger charge is 2.17. The number of nitrogens with two attached hydrogens (primary N) is 1. The van der Waals surface area contributed by atoms with E-state index in [0.29, 0.717) is 0 Å². The van der Waals surface area contributed by atoms with Crippen LogP contribution in [-0.4, -0.2) is 33.1 Å². The number of rotatable bonds is 6. The Morgan fingerprint density at radius 3 is 2.53 bits per heavy atom. The van der Waals surface area contributed by atoms with Crippen molar-refractivity contribution in [3.8, 4) is 0 Å². The van der Waals surface area contributed by atoms with Gasteiger partial charge in [-0.3, -0.25) is 9.36 Å². The topological polar surface area (TPSA) is 121 Å². The minimum Gasteiger partial charge on any atom is -0.480 e. The van der Waals surface area contributed by atoms with Crippen molar-refractivity contribution in [3.05, 3.63) is 34.9 Å². The number of aliphatic carboxylic acids is 1. The molecule has 1 rings (SSSR count). The molecule has 1 atom stereocenters. The quantitative estimate of drug-likeness (QED) is 0.571. The van der Waals surface area contributed by atoms with Crippen molar-refractivity contribution >= 4 is 13.6 Å². The second-order valence-corrected chi connectivity index (χ2v) is 6.34. The highest BCUT2D eigenvalue weighted by atomic mass is 31.2. The first-order chi connectivity index (χ1) is 8.69. The molecule has 19 heavy (non-hydrogen) atoms. The van der Waals surface area contributed by atoms with Crippen molar-refractivity contribution in [1.29, 1.82) is 0 Å². The van der Waals surface area contributed by atoms with Gasteiger partial charge in [0.25, 0.3) is 0 Å². The number of carboxylic acids is 1. The van der Waals surface area contributed by atoms with Gasteiger partial charge in [0.15, 0.2) is 0 Å². The van der Waals surface area contributed by atoms with E-state index >= 15 is 0 Å². The summed E-state index contributed by atoms with van der Waals surface area (Å²) in [7, 11) is -4.06. The molecule has 1 aromatic rings. The van der Waals surface area contributed by atoms with Crippen LogP contribution < -0.4 is 5.73 Å². The van der Waals surface area contributed by atoms with Crippen molar-refractivity contribution in [2.75, 3.05) is 6.16 Å². The van der Waals surface area contributed by atoms with Crippen LogP contribution in [0.2, 0.25) is 0 Å². The SMILES string of the molecule is Cc1ccc(CCP(=O)(O)O)c(C[C@H](N)C(=O)O)c1. The van der Waals surface area contributed by atoms with Crippen molar-refractivity contribution in [3.63, 3.8) is 0 Å². The minimum absolute atomic E-state index is 0.146. The summed E-state index contributed by atoms with van der Waals surface area (Å²) in [4.78, 5) is 28.5. The smallest absolute Gasteiger partial charge is 0.325 e. The number of aryl methyl sites for hydroxylation is 2. The van der Waals surface area contributed by atoms with Crippen molar-refractivity contribution < 1.29 is 24.3 Å². The van der Waals surface area contributed by atoms with Gasteiger partial charge in [-0.2, -0.15) is 0 Å². The maximum absolute atomic E-state index is 10.9. The van der Waals surface area contributed by atoms with E-state index in [1.54, 1.807) is 12.1 Å². The molecule has 1 aromatic carbocycles. The second kappa shape index (κ2) is 6.30. The highest BCUT2D eigenvalue weighted by Crippen LogP contribution is 2.35. The van der Waals surface area contributed by atoms with Gasteiger partial charge >= 0.3 is 13.6 Å². The van der Waals surface area contributed by atoms with E-state index in [9.17, 15) is 9.36 Å². The monoisotopic (exact) mass is 287 g/mol. The van der Waals surface area contributed by atoms with Gasteiger partial charge < -0.3 is 20.6 Å². The number of hydrogen-bond donors (Lipinski definition) is 4. The second-order valence-electron chi connectivity index (χ2n) is 4.56. The molecule has 0 aliphatic rings. The van der Waals surface area contributed by atoms with E-state index < -0.39 is 19.6 Å². The zero-order valence-corrected chi connectivity index (χ0v) is 11.5. The highest BCUT2D eigenvalue weighted by molar-refractivity contribution is 7.51. The summed E-state index contributed by atoms with van der Waals surface area (Å²) in [5, 5.41) is 8.81. The van der Waals surface area contributed by atoms with Gasteiger partial charge in [-0.15, -0.1) is 0 Å². The average molecular weight is 287 g/mol. The molecule has 5 N–H and O–H groups in total. The molecule has 7 heteroatoms. The molecule has 6 nitrogen and oxygen atoms in total. The van der Waals surface area contributed by atoms with Crippen molar-refractivity contribution in [2.24, 2.45) is 5.73 Å². The van der Waals surface area contributed by atoms with Crippen LogP contribution in [0.3, 0.4) is 0 Å². The Bertz CT molecular complexity index is 511. The molecule has 0 aromatic heterocycles. The lowest BCUT2D eigenvalue weighted by atomic mass is 9.97. The van der Waals surface area contributed by atoms with Gasteiger partial charge in [0.1, 0.15) is 6.04 Å². The van der Waals surface area contributed by atoms with Crippen LogP contribution in [0.1, 0.15) is 16.7 Å². The third-order valence-corrected chi connectivity index (χ3v) is 3.60. The fourth-order valence-electron chi connectivity index (χ4n) is 1.78. The molecule has 0 amide bonds. The summed E-state index contributed by atoms with van der Waals surface area (Å²) in [6.45, 7) is 1.86. The van der Waals surface area contributed by atoms with Crippen molar-refractivity contribution in [1.82, 2.24) is 0 Å². The standard InChI is InChI=1S/C12H18NO5P/c1-8-2-3-9(4-5-19(16,17)18)10(6-8)7-11(13)12(14)15/h2-3,6,11H,4-5,7,13H2,1H3,(H,14,15)(H2,16,17,18)/t11-/m0/s1. The lowest BCUT2D eigenvalue weighted by Gasteiger charge is -2.13. The van der Waals surface area contributed by atoms with E-state index in [1.165, 1.54) is 0 Å². The largest absolute Gasteiger partial charge is 0.480 e. The molecule has 0 aliphatic heterocycles. The maximum Gasteiger partial charge on any atom is 0.325 e. The normalized spacial score (nSPS) is 13.3. The van der Waals surface area contributed by atoms with Gasteiger partial charge in [0.2, 0.25) is 0 Å². The predicted octanol–water partition coefficient (Wildman–Crippen LogP) is 0.670. The fraction of sp³-hybridized carbons (Fsp3) is 0.417. The molecule has 0 bridgehead atoms. The van der Waals surface area contributed by atoms with Gasteiger partial charge in [-0.25, -0.2) is 0 Å². The summed E-state index contributed by atoms with van der Waals surface area (Å²) in [5.41, 5.74) is 7.90. The van der Waals surface area contributed by atoms with Crippen LogP contribution in [0, 0.1) is 6.92 Å². The zero-order chi connectivity index (χ0) is 14.6. The molecule has 0 unspecified atom stereocenters. The van der Waals surface area contributed by atoms with Gasteiger partial charge in [0, 0.05) is 0 Å². The minimum atomic E-state index is -4.06. The van der Waals surface area contributed by atoms with Gasteiger partial charge in [-0.05, 0) is 30.9 Å². The van der Waals surface area contributed by atoms with E-state index in [2.05, 4.69) is 0 Å². The van der Waals surface area contributed by atoms with Crippen LogP contribution in [0.15, 0.2) is 18.2 Å². The summed E-state index contributed by atoms with van der Waals surface area (Å²) in [5.74, 6) is -1.09. The molecule has 0 heterocycles. The Morgan fingerprint density at radius 1 is 1.37 bits per heavy atom. The number of carbonyl (C=O) groups is 1. The Hall–Kier alpha value is -1.20. The molecular weight excluding hydrogens is 269 g/mol. The Labute approximate surface area is 111 Å². The first-order valence-electron chi connectivity index (χ1n) is 5.80. The summed E-state index contributed by atoms with van der Waals surface area (Å²) < 4.78 is 10.9. The van der Waals surface area contributed by atoms with Crippen LogP contribution in [-0.2, 0) is 22.2 Å². The Balaban J connectivity index is 2.91. The van der Waals surface area contributed by atoms with E-state index in [0.717, 1.165) is 16.7 Å². The number of benzene rings is 1. The Kier molecular flexibility index (Phi) is 5.26. The number of carboxylic acid groups (broad SMARTS) is 1. The van der Waals surface area contributed by atoms with Crippen LogP contribution in [0.5, 0.6) is 0 Å². The third kappa shape index (κ3) is 5.53. The molecular formula is C12H18NO5P. The summed E-state index contributed by atoms with van der Waals surface area (Å²) in [6.07, 6.45) is 0.0884. The zero-order valence-electron chi connectivity index (χ0n) is 10.6. The molecule has 0 aliphatic carbocycles. The van der Waals surface area contributed by atoms with E-state index in [-0.39, 0.29) is 19.0 Å². The van der Waals surface area contributed by atoms with Gasteiger partial charge in [-0.1, -0.05) is 23.8 Å². The first-order valence-corrected chi connectivity index (χ1v) is 7.60. The molecule has 106 valence electrons. The van der Waals surface area contributed by atoms with Crippen LogP contribution >= 0.6 is 7.60 Å². The van der Waals surface area contributed by atoms with Crippen LogP contribution in [0.25, 0.3) is 0 Å². The lowest BCUT2D eigenvalue weighted by molar-refractivity contribution is -0.138. The molecule has 0 spiro atoms. The Morgan fingerprint density at radius 2 is 2.00 bits per heavy atom. The van der Waals surface area contributed by atoms with Crippen molar-refractivity contribution in [2.45, 2.75) is 25.8 Å². The average Bonchev–Trinajstić information content (AvgIpc) is 2.26. The molecule has 0 fully saturated rings. The summed E-state index contributed by atoms with van der Waals surface area (Å²) >= 11 is 0. The molecule has 0 saturated heterocycles. The maximum atomic E-state index is 10.9. The lowest BCUT2D eigenvalue weighted by Crippen LogP contribution is -2.32. The number of hydrogen-bond acceptors (Lipinski definition) is 3. The van der Waals surface area contributed by atoms with Gasteiger partial charge in [0.05, 0.1) is 6.16 Å². The summed E-state index contributed by atoms with van der Waals surface area (Å²) in [6, 6.07) is 4.37. The molecule has 0 radical (unpaired) electrons.